The number of rotatable bonds is 3. The van der Waals surface area contributed by atoms with Crippen LogP contribution in [-0.2, 0) is 6.42 Å². The van der Waals surface area contributed by atoms with Gasteiger partial charge in [-0.05, 0) is 28.1 Å². The Morgan fingerprint density at radius 3 is 2.58 bits per heavy atom. The lowest BCUT2D eigenvalue weighted by Crippen LogP contribution is -2.30. The summed E-state index contributed by atoms with van der Waals surface area (Å²) < 4.78 is 24.9. The van der Waals surface area contributed by atoms with Gasteiger partial charge in [0.05, 0.1) is 9.83 Å². The lowest BCUT2D eigenvalue weighted by Gasteiger charge is -2.07. The molecule has 0 saturated heterocycles. The van der Waals surface area contributed by atoms with Gasteiger partial charge in [0.1, 0.15) is 0 Å². The van der Waals surface area contributed by atoms with Crippen LogP contribution in [0.1, 0.15) is 4.88 Å². The van der Waals surface area contributed by atoms with E-state index in [1.54, 1.807) is 6.07 Å². The average molecular weight is 256 g/mol. The van der Waals surface area contributed by atoms with Crippen LogP contribution in [0.2, 0.25) is 0 Å². The van der Waals surface area contributed by atoms with Gasteiger partial charge in [-0.1, -0.05) is 0 Å². The zero-order valence-corrected chi connectivity index (χ0v) is 8.54. The number of hydrogen-bond donors (Lipinski definition) is 1. The summed E-state index contributed by atoms with van der Waals surface area (Å²) in [5, 5.41) is 0. The largest absolute Gasteiger partial charge is 0.323 e. The zero-order valence-electron chi connectivity index (χ0n) is 6.14. The number of hydrogen-bond acceptors (Lipinski definition) is 2. The van der Waals surface area contributed by atoms with Gasteiger partial charge in [-0.2, -0.15) is 0 Å². The SMILES string of the molecule is NC(Cc1ccc(Br)s1)C(F)F. The van der Waals surface area contributed by atoms with Gasteiger partial charge >= 0.3 is 0 Å². The monoisotopic (exact) mass is 255 g/mol. The molecule has 5 heteroatoms. The van der Waals surface area contributed by atoms with Crippen LogP contribution in [0, 0.1) is 0 Å². The molecule has 2 N–H and O–H groups in total. The Balaban J connectivity index is 2.52. The molecule has 0 aliphatic rings. The van der Waals surface area contributed by atoms with Gasteiger partial charge < -0.3 is 5.73 Å². The highest BCUT2D eigenvalue weighted by Gasteiger charge is 2.16. The van der Waals surface area contributed by atoms with E-state index in [1.807, 2.05) is 6.07 Å². The summed E-state index contributed by atoms with van der Waals surface area (Å²) in [7, 11) is 0. The molecular weight excluding hydrogens is 248 g/mol. The standard InChI is InChI=1S/C7H8BrF2NS/c8-6-2-1-4(12-6)3-5(11)7(9)10/h1-2,5,7H,3,11H2. The summed E-state index contributed by atoms with van der Waals surface area (Å²) in [5.74, 6) is 0. The van der Waals surface area contributed by atoms with E-state index in [-0.39, 0.29) is 6.42 Å². The molecule has 0 aromatic carbocycles. The minimum Gasteiger partial charge on any atom is -0.323 e. The van der Waals surface area contributed by atoms with Crippen molar-refractivity contribution in [2.24, 2.45) is 5.73 Å². The van der Waals surface area contributed by atoms with E-state index in [4.69, 9.17) is 5.73 Å². The van der Waals surface area contributed by atoms with Crippen molar-refractivity contribution in [3.8, 4) is 0 Å². The number of nitrogens with two attached hydrogens (primary N) is 1. The second-order valence-corrected chi connectivity index (χ2v) is 4.96. The van der Waals surface area contributed by atoms with Crippen LogP contribution in [0.5, 0.6) is 0 Å². The Labute approximate surface area is 81.7 Å². The highest BCUT2D eigenvalue weighted by molar-refractivity contribution is 9.11. The fraction of sp³-hybridized carbons (Fsp3) is 0.429. The summed E-state index contributed by atoms with van der Waals surface area (Å²) in [4.78, 5) is 0.884. The van der Waals surface area contributed by atoms with Crippen LogP contribution in [0.3, 0.4) is 0 Å². The highest BCUT2D eigenvalue weighted by atomic mass is 79.9. The molecule has 0 fully saturated rings. The summed E-state index contributed by atoms with van der Waals surface area (Å²) >= 11 is 4.69. The van der Waals surface area contributed by atoms with E-state index in [0.717, 1.165) is 8.66 Å². The minimum absolute atomic E-state index is 0.244. The Morgan fingerprint density at radius 1 is 1.50 bits per heavy atom. The molecule has 1 nitrogen and oxygen atoms in total. The molecule has 0 radical (unpaired) electrons. The third kappa shape index (κ3) is 2.80. The second-order valence-electron chi connectivity index (χ2n) is 2.41. The van der Waals surface area contributed by atoms with Gasteiger partial charge in [-0.15, -0.1) is 11.3 Å². The molecule has 1 heterocycles. The average Bonchev–Trinajstić information content (AvgIpc) is 2.35. The highest BCUT2D eigenvalue weighted by Crippen LogP contribution is 2.23. The molecule has 1 atom stereocenters. The molecule has 0 saturated carbocycles. The van der Waals surface area contributed by atoms with Gasteiger partial charge in [0, 0.05) is 11.3 Å². The summed E-state index contributed by atoms with van der Waals surface area (Å²) in [6, 6.07) is 2.59. The van der Waals surface area contributed by atoms with Crippen molar-refractivity contribution in [1.29, 1.82) is 0 Å². The van der Waals surface area contributed by atoms with E-state index >= 15 is 0 Å². The Morgan fingerprint density at radius 2 is 2.17 bits per heavy atom. The van der Waals surface area contributed by atoms with E-state index in [0.29, 0.717) is 0 Å². The maximum Gasteiger partial charge on any atom is 0.253 e. The van der Waals surface area contributed by atoms with Crippen molar-refractivity contribution in [2.75, 3.05) is 0 Å². The molecule has 0 aliphatic heterocycles. The van der Waals surface area contributed by atoms with E-state index in [9.17, 15) is 8.78 Å². The smallest absolute Gasteiger partial charge is 0.253 e. The molecule has 1 unspecified atom stereocenters. The van der Waals surface area contributed by atoms with E-state index < -0.39 is 12.5 Å². The molecule has 0 amide bonds. The van der Waals surface area contributed by atoms with Crippen LogP contribution in [0.15, 0.2) is 15.9 Å². The third-order valence-electron chi connectivity index (χ3n) is 1.39. The second kappa shape index (κ2) is 4.30. The number of thiophene rings is 1. The van der Waals surface area contributed by atoms with Crippen molar-refractivity contribution in [1.82, 2.24) is 0 Å². The molecule has 0 spiro atoms. The Bertz CT molecular complexity index is 251. The molecule has 0 bridgehead atoms. The molecule has 1 rings (SSSR count). The van der Waals surface area contributed by atoms with Gasteiger partial charge in [-0.25, -0.2) is 8.78 Å². The molecule has 68 valence electrons. The molecule has 12 heavy (non-hydrogen) atoms. The fourth-order valence-electron chi connectivity index (χ4n) is 0.783. The first kappa shape index (κ1) is 10.1. The molecular formula is C7H8BrF2NS. The summed E-state index contributed by atoms with van der Waals surface area (Å²) in [6.45, 7) is 0. The lowest BCUT2D eigenvalue weighted by atomic mass is 10.2. The van der Waals surface area contributed by atoms with Crippen LogP contribution >= 0.6 is 27.3 Å². The van der Waals surface area contributed by atoms with Crippen molar-refractivity contribution in [3.63, 3.8) is 0 Å². The van der Waals surface area contributed by atoms with Crippen molar-refractivity contribution < 1.29 is 8.78 Å². The Hall–Kier alpha value is -0.0000000000000000833. The maximum absolute atomic E-state index is 12.0. The van der Waals surface area contributed by atoms with Crippen LogP contribution < -0.4 is 5.73 Å². The maximum atomic E-state index is 12.0. The predicted molar refractivity (Wildman–Crippen MR) is 49.7 cm³/mol. The fourth-order valence-corrected chi connectivity index (χ4v) is 2.34. The van der Waals surface area contributed by atoms with Gasteiger partial charge in [0.15, 0.2) is 0 Å². The number of halogens is 3. The lowest BCUT2D eigenvalue weighted by molar-refractivity contribution is 0.116. The first-order chi connectivity index (χ1) is 5.59. The molecule has 1 aromatic heterocycles. The summed E-state index contributed by atoms with van der Waals surface area (Å²) in [6.07, 6.45) is -2.20. The first-order valence-corrected chi connectivity index (χ1v) is 4.98. The van der Waals surface area contributed by atoms with Gasteiger partial charge in [0.25, 0.3) is 6.43 Å². The Kier molecular flexibility index (Phi) is 3.61. The van der Waals surface area contributed by atoms with Crippen molar-refractivity contribution in [2.45, 2.75) is 18.9 Å². The van der Waals surface area contributed by atoms with Gasteiger partial charge in [-0.3, -0.25) is 0 Å². The topological polar surface area (TPSA) is 26.0 Å². The molecule has 0 aliphatic carbocycles. The number of alkyl halides is 2. The molecule has 1 aromatic rings. The van der Waals surface area contributed by atoms with E-state index in [1.165, 1.54) is 11.3 Å². The quantitative estimate of drug-likeness (QED) is 0.883. The van der Waals surface area contributed by atoms with Crippen LogP contribution in [0.25, 0.3) is 0 Å². The zero-order chi connectivity index (χ0) is 9.14. The third-order valence-corrected chi connectivity index (χ3v) is 3.04. The van der Waals surface area contributed by atoms with Gasteiger partial charge in [0.2, 0.25) is 0 Å². The van der Waals surface area contributed by atoms with E-state index in [2.05, 4.69) is 15.9 Å². The van der Waals surface area contributed by atoms with Crippen molar-refractivity contribution >= 4 is 27.3 Å². The minimum atomic E-state index is -2.44. The predicted octanol–water partition coefficient (Wildman–Crippen LogP) is 2.65. The van der Waals surface area contributed by atoms with Crippen LogP contribution in [0.4, 0.5) is 8.78 Å². The first-order valence-electron chi connectivity index (χ1n) is 3.37. The van der Waals surface area contributed by atoms with Crippen molar-refractivity contribution in [3.05, 3.63) is 20.8 Å². The van der Waals surface area contributed by atoms with Crippen LogP contribution in [-0.4, -0.2) is 12.5 Å². The normalized spacial score (nSPS) is 13.8. The summed E-state index contributed by atoms with van der Waals surface area (Å²) in [5.41, 5.74) is 5.20.